The highest BCUT2D eigenvalue weighted by Crippen LogP contribution is 2.43. The maximum Gasteiger partial charge on any atom is 0.446 e. The number of nitrogens with zero attached hydrogens (tertiary/aromatic N) is 2. The Morgan fingerprint density at radius 2 is 1.59 bits per heavy atom. The molecule has 0 unspecified atom stereocenters. The molecule has 0 radical (unpaired) electrons. The van der Waals surface area contributed by atoms with Gasteiger partial charge in [-0.25, -0.2) is 0 Å². The number of anilines is 2. The first kappa shape index (κ1) is 43.9. The lowest BCUT2D eigenvalue weighted by molar-refractivity contribution is -0.0328. The van der Waals surface area contributed by atoms with E-state index in [0.29, 0.717) is 15.9 Å². The molecule has 1 fully saturated rings. The second kappa shape index (κ2) is 20.5. The van der Waals surface area contributed by atoms with Gasteiger partial charge in [-0.3, -0.25) is 14.4 Å². The number of hydrogen-bond acceptors (Lipinski definition) is 7. The SMILES string of the molecule is CC(C)CCSc1ccccc1.CC1(C)CCC(c2ccc(Cl)cc2)=C(CN2CCN(c3ccc(C(=O)NSc4ccc(N)c(SC(F)(F)F)c4)cc3)CC2)C1. The number of halogens is 4. The van der Waals surface area contributed by atoms with Crippen LogP contribution >= 0.6 is 47.1 Å². The standard InChI is InChI=1S/C33H36ClF3N4OS2.C11H16S/c1-32(2)14-13-28(22-3-7-25(34)8-4-22)24(20-32)21-40-15-17-41(18-16-40)26-9-5-23(6-10-26)31(42)39-44-27-11-12-29(38)30(19-27)43-33(35,36)37;1-10(2)8-9-12-11-6-4-3-5-7-11/h3-12,19H,13-18,20-21,38H2,1-2H3,(H,39,42);3-7,10H,8-9H2,1-2H3. The summed E-state index contributed by atoms with van der Waals surface area (Å²) in [4.78, 5) is 19.4. The van der Waals surface area contributed by atoms with Gasteiger partial charge in [0.15, 0.2) is 0 Å². The Hall–Kier alpha value is -3.22. The number of amides is 1. The molecule has 3 N–H and O–H groups in total. The fourth-order valence-corrected chi connectivity index (χ4v) is 9.34. The smallest absolute Gasteiger partial charge is 0.398 e. The van der Waals surface area contributed by atoms with Gasteiger partial charge in [-0.05, 0) is 144 Å². The molecular weight excluding hydrogens is 789 g/mol. The molecule has 1 saturated heterocycles. The summed E-state index contributed by atoms with van der Waals surface area (Å²) in [6, 6.07) is 30.6. The number of alkyl halides is 3. The van der Waals surface area contributed by atoms with Crippen LogP contribution in [0, 0.1) is 11.3 Å². The van der Waals surface area contributed by atoms with Crippen LogP contribution in [0.3, 0.4) is 0 Å². The van der Waals surface area contributed by atoms with Crippen LogP contribution in [-0.4, -0.2) is 54.8 Å². The largest absolute Gasteiger partial charge is 0.446 e. The Balaban J connectivity index is 0.000000427. The van der Waals surface area contributed by atoms with Gasteiger partial charge in [0.1, 0.15) is 0 Å². The van der Waals surface area contributed by atoms with E-state index in [2.05, 4.69) is 84.7 Å². The quantitative estimate of drug-likeness (QED) is 0.0837. The summed E-state index contributed by atoms with van der Waals surface area (Å²) in [5, 5.41) is 0.759. The lowest BCUT2D eigenvalue weighted by Crippen LogP contribution is -2.47. The highest BCUT2D eigenvalue weighted by molar-refractivity contribution is 8.00. The van der Waals surface area contributed by atoms with Crippen molar-refractivity contribution in [2.24, 2.45) is 11.3 Å². The molecule has 5 nitrogen and oxygen atoms in total. The van der Waals surface area contributed by atoms with E-state index in [1.165, 1.54) is 52.3 Å². The minimum absolute atomic E-state index is 0.0390. The molecule has 6 rings (SSSR count). The number of benzene rings is 4. The molecule has 1 aliphatic carbocycles. The number of piperazine rings is 1. The number of allylic oxidation sites excluding steroid dienone is 1. The summed E-state index contributed by atoms with van der Waals surface area (Å²) in [6.45, 7) is 13.9. The normalized spacial score (nSPS) is 16.1. The summed E-state index contributed by atoms with van der Waals surface area (Å²) in [5.41, 5.74) is 7.37. The zero-order valence-corrected chi connectivity index (χ0v) is 35.7. The molecular formula is C44H52ClF3N4OS3. The predicted molar refractivity (Wildman–Crippen MR) is 234 cm³/mol. The number of carbonyl (C=O) groups is 1. The first-order chi connectivity index (χ1) is 26.6. The van der Waals surface area contributed by atoms with Crippen LogP contribution in [-0.2, 0) is 0 Å². The van der Waals surface area contributed by atoms with Gasteiger partial charge in [0.05, 0.1) is 0 Å². The van der Waals surface area contributed by atoms with E-state index in [1.807, 2.05) is 36.0 Å². The van der Waals surface area contributed by atoms with Gasteiger partial charge in [0.2, 0.25) is 0 Å². The summed E-state index contributed by atoms with van der Waals surface area (Å²) < 4.78 is 41.1. The second-order valence-corrected chi connectivity index (χ2v) is 19.0. The van der Waals surface area contributed by atoms with E-state index in [9.17, 15) is 18.0 Å². The number of hydrogen-bond donors (Lipinski definition) is 2. The van der Waals surface area contributed by atoms with Crippen molar-refractivity contribution < 1.29 is 18.0 Å². The van der Waals surface area contributed by atoms with Crippen LogP contribution in [0.4, 0.5) is 24.5 Å². The third-order valence-electron chi connectivity index (χ3n) is 9.82. The summed E-state index contributed by atoms with van der Waals surface area (Å²) >= 11 is 8.79. The van der Waals surface area contributed by atoms with Crippen molar-refractivity contribution in [2.45, 2.75) is 73.6 Å². The van der Waals surface area contributed by atoms with Gasteiger partial charge in [0.25, 0.3) is 5.91 Å². The van der Waals surface area contributed by atoms with E-state index in [-0.39, 0.29) is 28.3 Å². The van der Waals surface area contributed by atoms with E-state index in [0.717, 1.165) is 74.1 Å². The van der Waals surface area contributed by atoms with E-state index >= 15 is 0 Å². The molecule has 300 valence electrons. The zero-order valence-electron chi connectivity index (χ0n) is 32.5. The molecule has 0 aromatic heterocycles. The summed E-state index contributed by atoms with van der Waals surface area (Å²) in [5.74, 6) is 1.73. The van der Waals surface area contributed by atoms with Crippen molar-refractivity contribution in [1.29, 1.82) is 0 Å². The van der Waals surface area contributed by atoms with Gasteiger partial charge in [-0.2, -0.15) is 13.2 Å². The molecule has 0 saturated carbocycles. The molecule has 56 heavy (non-hydrogen) atoms. The van der Waals surface area contributed by atoms with Crippen LogP contribution in [0.5, 0.6) is 0 Å². The Morgan fingerprint density at radius 1 is 0.911 bits per heavy atom. The topological polar surface area (TPSA) is 61.6 Å². The Bertz CT molecular complexity index is 1900. The van der Waals surface area contributed by atoms with Crippen LogP contribution in [0.1, 0.15) is 69.3 Å². The predicted octanol–water partition coefficient (Wildman–Crippen LogP) is 12.6. The lowest BCUT2D eigenvalue weighted by Gasteiger charge is -2.39. The average Bonchev–Trinajstić information content (AvgIpc) is 3.16. The highest BCUT2D eigenvalue weighted by Gasteiger charge is 2.31. The molecule has 4 aromatic carbocycles. The summed E-state index contributed by atoms with van der Waals surface area (Å²) in [6.07, 6.45) is 4.66. The second-order valence-electron chi connectivity index (χ2n) is 15.4. The lowest BCUT2D eigenvalue weighted by atomic mass is 9.73. The van der Waals surface area contributed by atoms with Crippen molar-refractivity contribution >= 4 is 69.9 Å². The van der Waals surface area contributed by atoms with Crippen LogP contribution in [0.2, 0.25) is 5.02 Å². The molecule has 2 aliphatic rings. The molecule has 1 heterocycles. The third-order valence-corrected chi connectivity index (χ3v) is 12.7. The summed E-state index contributed by atoms with van der Waals surface area (Å²) in [7, 11) is 0. The third kappa shape index (κ3) is 14.0. The van der Waals surface area contributed by atoms with Crippen LogP contribution < -0.4 is 15.4 Å². The molecule has 4 aromatic rings. The fourth-order valence-electron chi connectivity index (χ4n) is 6.71. The van der Waals surface area contributed by atoms with Crippen molar-refractivity contribution in [3.8, 4) is 0 Å². The van der Waals surface area contributed by atoms with Gasteiger partial charge in [-0.1, -0.05) is 75.2 Å². The number of nitrogen functional groups attached to an aromatic ring is 1. The molecule has 12 heteroatoms. The van der Waals surface area contributed by atoms with E-state index in [1.54, 1.807) is 18.2 Å². The number of carbonyl (C=O) groups excluding carboxylic acids is 1. The number of rotatable bonds is 12. The van der Waals surface area contributed by atoms with Gasteiger partial charge < -0.3 is 10.6 Å². The van der Waals surface area contributed by atoms with Gasteiger partial charge >= 0.3 is 5.51 Å². The molecule has 0 spiro atoms. The first-order valence-corrected chi connectivity index (χ1v) is 22.0. The maximum absolute atomic E-state index is 12.8. The van der Waals surface area contributed by atoms with Gasteiger partial charge in [0, 0.05) is 69.4 Å². The van der Waals surface area contributed by atoms with Gasteiger partial charge in [-0.15, -0.1) is 11.8 Å². The Labute approximate surface area is 348 Å². The monoisotopic (exact) mass is 840 g/mol. The Morgan fingerprint density at radius 3 is 2.23 bits per heavy atom. The first-order valence-electron chi connectivity index (χ1n) is 19.0. The van der Waals surface area contributed by atoms with Crippen molar-refractivity contribution in [3.05, 3.63) is 119 Å². The molecule has 1 amide bonds. The average molecular weight is 842 g/mol. The fraction of sp³-hybridized carbons (Fsp3) is 0.386. The number of nitrogens with one attached hydrogen (secondary N) is 1. The van der Waals surface area contributed by atoms with E-state index < -0.39 is 5.51 Å². The highest BCUT2D eigenvalue weighted by atomic mass is 35.5. The number of thioether (sulfide) groups is 2. The van der Waals surface area contributed by atoms with Crippen molar-refractivity contribution in [3.63, 3.8) is 0 Å². The maximum atomic E-state index is 12.8. The van der Waals surface area contributed by atoms with Crippen LogP contribution in [0.25, 0.3) is 5.57 Å². The Kier molecular flexibility index (Phi) is 16.0. The van der Waals surface area contributed by atoms with Crippen LogP contribution in [0.15, 0.2) is 117 Å². The van der Waals surface area contributed by atoms with Crippen molar-refractivity contribution in [2.75, 3.05) is 49.1 Å². The zero-order chi connectivity index (χ0) is 40.3. The minimum atomic E-state index is -4.44. The number of nitrogens with two attached hydrogens (primary N) is 1. The molecule has 0 bridgehead atoms. The van der Waals surface area contributed by atoms with E-state index in [4.69, 9.17) is 17.3 Å². The molecule has 1 aliphatic heterocycles. The van der Waals surface area contributed by atoms with Crippen molar-refractivity contribution in [1.82, 2.24) is 9.62 Å². The minimum Gasteiger partial charge on any atom is -0.398 e. The molecule has 0 atom stereocenters.